The molecule has 0 saturated carbocycles. The van der Waals surface area contributed by atoms with Crippen LogP contribution in [0.2, 0.25) is 0 Å². The van der Waals surface area contributed by atoms with E-state index in [0.29, 0.717) is 11.3 Å². The lowest BCUT2D eigenvalue weighted by molar-refractivity contribution is -0.145. The van der Waals surface area contributed by atoms with Crippen molar-refractivity contribution in [1.82, 2.24) is 0 Å². The Morgan fingerprint density at radius 3 is 2.64 bits per heavy atom. The lowest BCUT2D eigenvalue weighted by Crippen LogP contribution is -2.37. The average Bonchev–Trinajstić information content (AvgIpc) is 3.01. The topological polar surface area (TPSA) is 89.9 Å². The summed E-state index contributed by atoms with van der Waals surface area (Å²) in [6.07, 6.45) is 15.0. The highest BCUT2D eigenvalue weighted by Gasteiger charge is 2.47. The molecule has 1 saturated heterocycles. The van der Waals surface area contributed by atoms with Crippen LogP contribution >= 0.6 is 0 Å². The number of cyclic esters (lactones) is 1. The molecule has 0 aromatic heterocycles. The van der Waals surface area contributed by atoms with Crippen molar-refractivity contribution in [3.8, 4) is 0 Å². The largest absolute Gasteiger partial charge is 0.485 e. The second-order valence-corrected chi connectivity index (χ2v) is 7.20. The molecule has 28 heavy (non-hydrogen) atoms. The summed E-state index contributed by atoms with van der Waals surface area (Å²) in [4.78, 5) is 35.8. The lowest BCUT2D eigenvalue weighted by atomic mass is 9.74. The molecule has 3 aliphatic rings. The zero-order valence-corrected chi connectivity index (χ0v) is 15.7. The Bertz CT molecular complexity index is 798. The van der Waals surface area contributed by atoms with Gasteiger partial charge in [0, 0.05) is 17.9 Å². The maximum Gasteiger partial charge on any atom is 0.338 e. The number of carbonyl (C=O) groups excluding carboxylic acids is 2. The minimum atomic E-state index is -1.03. The predicted molar refractivity (Wildman–Crippen MR) is 102 cm³/mol. The Hall–Kier alpha value is -2.89. The van der Waals surface area contributed by atoms with Gasteiger partial charge >= 0.3 is 11.9 Å². The van der Waals surface area contributed by atoms with E-state index in [4.69, 9.17) is 14.6 Å². The minimum absolute atomic E-state index is 0.0349. The number of hydrogen-bond acceptors (Lipinski definition) is 5. The van der Waals surface area contributed by atoms with Gasteiger partial charge in [-0.1, -0.05) is 30.7 Å². The number of carbonyl (C=O) groups is 3. The highest BCUT2D eigenvalue weighted by molar-refractivity contribution is 5.97. The van der Waals surface area contributed by atoms with Gasteiger partial charge in [0.2, 0.25) is 0 Å². The average molecular weight is 384 g/mol. The van der Waals surface area contributed by atoms with Crippen molar-refractivity contribution in [1.29, 1.82) is 0 Å². The zero-order chi connectivity index (χ0) is 20.1. The highest BCUT2D eigenvalue weighted by Crippen LogP contribution is 2.43. The highest BCUT2D eigenvalue weighted by atomic mass is 16.5. The van der Waals surface area contributed by atoms with Crippen LogP contribution in [0.25, 0.3) is 0 Å². The summed E-state index contributed by atoms with van der Waals surface area (Å²) in [5.41, 5.74) is 0.423. The SMILES string of the molecule is CC1CCCCC2C(=O)C=CC3OC(C=CC=CC=CC(=O)O)=C(C(=O)O1)C32. The number of carboxylic acid groups (broad SMARTS) is 1. The fraction of sp³-hybridized carbons (Fsp3) is 0.409. The second kappa shape index (κ2) is 8.87. The normalized spacial score (nSPS) is 30.8. The number of aliphatic carboxylic acids is 1. The summed E-state index contributed by atoms with van der Waals surface area (Å²) in [6.45, 7) is 1.88. The molecular formula is C22H24O6. The van der Waals surface area contributed by atoms with Crippen LogP contribution in [-0.2, 0) is 23.9 Å². The predicted octanol–water partition coefficient (Wildman–Crippen LogP) is 3.27. The van der Waals surface area contributed by atoms with E-state index in [1.807, 2.05) is 6.92 Å². The Kier molecular flexibility index (Phi) is 6.29. The van der Waals surface area contributed by atoms with Crippen molar-refractivity contribution in [2.24, 2.45) is 11.8 Å². The molecule has 0 radical (unpaired) electrons. The van der Waals surface area contributed by atoms with Gasteiger partial charge < -0.3 is 14.6 Å². The van der Waals surface area contributed by atoms with Crippen LogP contribution < -0.4 is 0 Å². The number of allylic oxidation sites excluding steroid dienone is 6. The molecule has 3 rings (SSSR count). The second-order valence-electron chi connectivity index (χ2n) is 7.20. The van der Waals surface area contributed by atoms with E-state index in [2.05, 4.69) is 0 Å². The zero-order valence-electron chi connectivity index (χ0n) is 15.7. The third-order valence-corrected chi connectivity index (χ3v) is 5.19. The van der Waals surface area contributed by atoms with Gasteiger partial charge in [0.05, 0.1) is 11.7 Å². The van der Waals surface area contributed by atoms with Crippen LogP contribution in [0.5, 0.6) is 0 Å². The molecule has 0 aromatic rings. The lowest BCUT2D eigenvalue weighted by Gasteiger charge is -2.30. The fourth-order valence-corrected chi connectivity index (χ4v) is 3.89. The van der Waals surface area contributed by atoms with Crippen molar-refractivity contribution in [3.63, 3.8) is 0 Å². The van der Waals surface area contributed by atoms with Gasteiger partial charge in [0.1, 0.15) is 11.9 Å². The van der Waals surface area contributed by atoms with Gasteiger partial charge in [0.25, 0.3) is 0 Å². The van der Waals surface area contributed by atoms with Gasteiger partial charge in [-0.05, 0) is 44.4 Å². The van der Waals surface area contributed by atoms with E-state index >= 15 is 0 Å². The van der Waals surface area contributed by atoms with E-state index in [1.54, 1.807) is 36.5 Å². The van der Waals surface area contributed by atoms with E-state index in [-0.39, 0.29) is 29.8 Å². The number of ether oxygens (including phenoxy) is 2. The molecule has 2 aliphatic heterocycles. The minimum Gasteiger partial charge on any atom is -0.485 e. The molecule has 148 valence electrons. The Labute approximate surface area is 163 Å². The van der Waals surface area contributed by atoms with Gasteiger partial charge in [-0.3, -0.25) is 4.79 Å². The van der Waals surface area contributed by atoms with Crippen LogP contribution in [0.1, 0.15) is 32.6 Å². The van der Waals surface area contributed by atoms with Gasteiger partial charge in [0.15, 0.2) is 5.78 Å². The quantitative estimate of drug-likeness (QED) is 0.455. The van der Waals surface area contributed by atoms with E-state index in [1.165, 1.54) is 6.08 Å². The molecule has 0 aromatic carbocycles. The summed E-state index contributed by atoms with van der Waals surface area (Å²) in [7, 11) is 0. The van der Waals surface area contributed by atoms with Crippen LogP contribution in [0, 0.1) is 11.8 Å². The Morgan fingerprint density at radius 2 is 1.86 bits per heavy atom. The molecule has 0 spiro atoms. The molecule has 4 atom stereocenters. The molecule has 1 aliphatic carbocycles. The van der Waals surface area contributed by atoms with Crippen molar-refractivity contribution < 1.29 is 29.0 Å². The van der Waals surface area contributed by atoms with Crippen LogP contribution in [0.15, 0.2) is 59.9 Å². The molecular weight excluding hydrogens is 360 g/mol. The van der Waals surface area contributed by atoms with E-state index in [9.17, 15) is 14.4 Å². The number of carboxylic acids is 1. The molecule has 4 unspecified atom stereocenters. The Balaban J connectivity index is 1.90. The van der Waals surface area contributed by atoms with Gasteiger partial charge in [-0.15, -0.1) is 0 Å². The molecule has 0 bridgehead atoms. The van der Waals surface area contributed by atoms with Crippen LogP contribution in [0.4, 0.5) is 0 Å². The molecule has 0 amide bonds. The molecule has 2 heterocycles. The first-order valence-electron chi connectivity index (χ1n) is 9.55. The van der Waals surface area contributed by atoms with Crippen molar-refractivity contribution in [3.05, 3.63) is 59.9 Å². The molecule has 1 N–H and O–H groups in total. The number of esters is 1. The van der Waals surface area contributed by atoms with Crippen molar-refractivity contribution >= 4 is 17.7 Å². The number of ketones is 1. The van der Waals surface area contributed by atoms with E-state index < -0.39 is 11.9 Å². The molecule has 1 fully saturated rings. The first-order chi connectivity index (χ1) is 13.5. The summed E-state index contributed by atoms with van der Waals surface area (Å²) in [5, 5.41) is 8.57. The van der Waals surface area contributed by atoms with Crippen molar-refractivity contribution in [2.75, 3.05) is 0 Å². The monoisotopic (exact) mass is 384 g/mol. The first kappa shape index (κ1) is 19.9. The summed E-state index contributed by atoms with van der Waals surface area (Å²) < 4.78 is 11.6. The van der Waals surface area contributed by atoms with Crippen LogP contribution in [0.3, 0.4) is 0 Å². The fourth-order valence-electron chi connectivity index (χ4n) is 3.89. The third kappa shape index (κ3) is 4.50. The number of rotatable bonds is 4. The maximum absolute atomic E-state index is 12.9. The van der Waals surface area contributed by atoms with Crippen LogP contribution in [-0.4, -0.2) is 35.0 Å². The molecule has 6 nitrogen and oxygen atoms in total. The molecule has 6 heteroatoms. The third-order valence-electron chi connectivity index (χ3n) is 5.19. The summed E-state index contributed by atoms with van der Waals surface area (Å²) in [6, 6.07) is 0. The van der Waals surface area contributed by atoms with Crippen molar-refractivity contribution in [2.45, 2.75) is 44.8 Å². The van der Waals surface area contributed by atoms with Gasteiger partial charge in [-0.25, -0.2) is 9.59 Å². The van der Waals surface area contributed by atoms with Gasteiger partial charge in [-0.2, -0.15) is 0 Å². The summed E-state index contributed by atoms with van der Waals surface area (Å²) >= 11 is 0. The standard InChI is InChI=1S/C22H24O6/c1-14-8-6-7-9-15-16(23)12-13-18-20(15)21(22(26)27-14)17(28-18)10-4-2-3-5-11-19(24)25/h2-5,10-15,18,20H,6-9H2,1H3,(H,24,25). The maximum atomic E-state index is 12.9. The summed E-state index contributed by atoms with van der Waals surface area (Å²) in [5.74, 6) is -1.61. The smallest absolute Gasteiger partial charge is 0.338 e. The van der Waals surface area contributed by atoms with E-state index in [0.717, 1.165) is 31.8 Å². The Morgan fingerprint density at radius 1 is 1.11 bits per heavy atom. The number of hydrogen-bond donors (Lipinski definition) is 1. The first-order valence-corrected chi connectivity index (χ1v) is 9.55.